The van der Waals surface area contributed by atoms with Crippen LogP contribution in [0.4, 0.5) is 0 Å². The van der Waals surface area contributed by atoms with Gasteiger partial charge in [0.2, 0.25) is 0 Å². The second kappa shape index (κ2) is 12.7. The molecule has 15 heteroatoms. The van der Waals surface area contributed by atoms with Crippen molar-refractivity contribution in [3.05, 3.63) is 69.0 Å². The lowest BCUT2D eigenvalue weighted by atomic mass is 9.96. The Bertz CT molecular complexity index is 2590. The molecule has 0 atom stereocenters. The zero-order valence-corrected chi connectivity index (χ0v) is 28.0. The zero-order valence-electron chi connectivity index (χ0n) is 26.3. The van der Waals surface area contributed by atoms with Crippen LogP contribution in [0, 0.1) is 5.92 Å². The van der Waals surface area contributed by atoms with Crippen molar-refractivity contribution in [2.75, 3.05) is 0 Å². The maximum Gasteiger partial charge on any atom is 0.294 e. The number of ketones is 3. The van der Waals surface area contributed by atoms with Gasteiger partial charge in [0.1, 0.15) is 17.3 Å². The average molecular weight is 709 g/mol. The molecule has 256 valence electrons. The van der Waals surface area contributed by atoms with Gasteiger partial charge in [-0.05, 0) is 68.3 Å². The summed E-state index contributed by atoms with van der Waals surface area (Å²) in [4.78, 5) is 63.3. The number of aryl methyl sites for hydroxylation is 2. The van der Waals surface area contributed by atoms with Gasteiger partial charge in [0.15, 0.2) is 10.9 Å². The van der Waals surface area contributed by atoms with Gasteiger partial charge in [-0.2, -0.15) is 16.8 Å². The Labute approximate surface area is 279 Å². The number of hydrogen-bond donors (Lipinski definition) is 2. The number of unbranched alkanes of at least 4 members (excludes halogenated alkanes) is 2. The van der Waals surface area contributed by atoms with Crippen LogP contribution in [0.3, 0.4) is 0 Å². The third-order valence-electron chi connectivity index (χ3n) is 9.27. The number of aromatic nitrogens is 2. The lowest BCUT2D eigenvalue weighted by molar-refractivity contribution is -0.132. The molecule has 13 nitrogen and oxygen atoms in total. The molecule has 0 saturated heterocycles. The molecule has 49 heavy (non-hydrogen) atoms. The molecule has 0 radical (unpaired) electrons. The van der Waals surface area contributed by atoms with Gasteiger partial charge < -0.3 is 9.13 Å². The molecule has 0 amide bonds. The first-order chi connectivity index (χ1) is 23.1. The summed E-state index contributed by atoms with van der Waals surface area (Å²) in [7, 11) is -9.25. The lowest BCUT2D eigenvalue weighted by Crippen LogP contribution is -2.18. The van der Waals surface area contributed by atoms with E-state index in [1.165, 1.54) is 36.4 Å². The van der Waals surface area contributed by atoms with E-state index in [4.69, 9.17) is 0 Å². The largest absolute Gasteiger partial charge is 0.341 e. The Balaban J connectivity index is 1.45. The SMILES string of the molecule is CCn1c2ccc(S(=O)(=O)O)cc2c(=O)c2cc3c(cc21)c(=O)c1cc(S(=O)(=O)O)ccc1n3CCCCCC(=O)CC1C(=O)CCC1=O. The summed E-state index contributed by atoms with van der Waals surface area (Å²) in [6.07, 6.45) is 1.96. The highest BCUT2D eigenvalue weighted by Gasteiger charge is 2.34. The Morgan fingerprint density at radius 1 is 0.673 bits per heavy atom. The number of Topliss-reactive ketones (excluding diaryl/α,β-unsaturated/α-hetero) is 3. The summed E-state index contributed by atoms with van der Waals surface area (Å²) < 4.78 is 70.5. The maximum absolute atomic E-state index is 13.9. The second-order valence-corrected chi connectivity index (χ2v) is 15.1. The Morgan fingerprint density at radius 3 is 1.63 bits per heavy atom. The van der Waals surface area contributed by atoms with Crippen molar-refractivity contribution in [3.63, 3.8) is 0 Å². The summed E-state index contributed by atoms with van der Waals surface area (Å²) in [5.74, 6) is -1.41. The summed E-state index contributed by atoms with van der Waals surface area (Å²) in [5.41, 5.74) is 0.372. The Hall–Kier alpha value is -4.57. The molecule has 3 aromatic carbocycles. The summed E-state index contributed by atoms with van der Waals surface area (Å²) >= 11 is 0. The van der Waals surface area contributed by atoms with Crippen molar-refractivity contribution in [1.29, 1.82) is 0 Å². The van der Waals surface area contributed by atoms with Gasteiger partial charge in [-0.15, -0.1) is 0 Å². The van der Waals surface area contributed by atoms with Crippen molar-refractivity contribution in [1.82, 2.24) is 9.13 Å². The van der Waals surface area contributed by atoms with E-state index < -0.39 is 46.8 Å². The molecular weight excluding hydrogens is 677 g/mol. The molecular formula is C34H32N2O11S2. The van der Waals surface area contributed by atoms with Crippen molar-refractivity contribution in [3.8, 4) is 0 Å². The minimum absolute atomic E-state index is 0.0204. The van der Waals surface area contributed by atoms with Gasteiger partial charge in [0.25, 0.3) is 20.2 Å². The van der Waals surface area contributed by atoms with Crippen LogP contribution in [0.1, 0.15) is 51.9 Å². The molecule has 6 rings (SSSR count). The molecule has 2 aromatic heterocycles. The van der Waals surface area contributed by atoms with Crippen LogP contribution in [-0.2, 0) is 47.7 Å². The van der Waals surface area contributed by atoms with Gasteiger partial charge in [-0.25, -0.2) is 0 Å². The number of fused-ring (bicyclic) bond motifs is 4. The van der Waals surface area contributed by atoms with E-state index in [1.54, 1.807) is 16.1 Å². The molecule has 1 aliphatic rings. The number of nitrogens with zero attached hydrogens (tertiary/aromatic N) is 2. The van der Waals surface area contributed by atoms with Gasteiger partial charge in [0.05, 0.1) is 37.8 Å². The van der Waals surface area contributed by atoms with E-state index in [0.717, 1.165) is 12.1 Å². The van der Waals surface area contributed by atoms with E-state index in [1.807, 2.05) is 0 Å². The van der Waals surface area contributed by atoms with Crippen molar-refractivity contribution in [2.24, 2.45) is 5.92 Å². The predicted molar refractivity (Wildman–Crippen MR) is 181 cm³/mol. The molecule has 2 N–H and O–H groups in total. The van der Waals surface area contributed by atoms with Crippen molar-refractivity contribution >= 4 is 81.2 Å². The molecule has 0 aliphatic heterocycles. The van der Waals surface area contributed by atoms with Gasteiger partial charge in [0, 0.05) is 60.3 Å². The highest BCUT2D eigenvalue weighted by molar-refractivity contribution is 7.86. The quantitative estimate of drug-likeness (QED) is 0.0861. The first-order valence-electron chi connectivity index (χ1n) is 15.7. The van der Waals surface area contributed by atoms with Gasteiger partial charge in [-0.3, -0.25) is 33.1 Å². The summed E-state index contributed by atoms with van der Waals surface area (Å²) in [6, 6.07) is 10.4. The molecule has 2 heterocycles. The highest BCUT2D eigenvalue weighted by atomic mass is 32.2. The second-order valence-electron chi connectivity index (χ2n) is 12.3. The van der Waals surface area contributed by atoms with Crippen molar-refractivity contribution < 1.29 is 40.3 Å². The van der Waals surface area contributed by atoms with Crippen LogP contribution < -0.4 is 10.9 Å². The molecule has 5 aromatic rings. The number of hydrogen-bond acceptors (Lipinski definition) is 9. The lowest BCUT2D eigenvalue weighted by Gasteiger charge is -2.19. The fourth-order valence-electron chi connectivity index (χ4n) is 6.80. The average Bonchev–Trinajstić information content (AvgIpc) is 3.36. The fraction of sp³-hybridized carbons (Fsp3) is 0.324. The van der Waals surface area contributed by atoms with E-state index in [0.29, 0.717) is 47.9 Å². The molecule has 0 unspecified atom stereocenters. The van der Waals surface area contributed by atoms with E-state index in [2.05, 4.69) is 0 Å². The minimum atomic E-state index is -4.64. The molecule has 1 aliphatic carbocycles. The van der Waals surface area contributed by atoms with E-state index in [9.17, 15) is 49.9 Å². The summed E-state index contributed by atoms with van der Waals surface area (Å²) in [5, 5.41) is 0.413. The summed E-state index contributed by atoms with van der Waals surface area (Å²) in [6.45, 7) is 2.40. The molecule has 0 bridgehead atoms. The van der Waals surface area contributed by atoms with Crippen LogP contribution in [0.15, 0.2) is 67.9 Å². The Morgan fingerprint density at radius 2 is 1.14 bits per heavy atom. The first kappa shape index (κ1) is 34.3. The molecule has 1 saturated carbocycles. The van der Waals surface area contributed by atoms with Crippen LogP contribution >= 0.6 is 0 Å². The fourth-order valence-corrected chi connectivity index (χ4v) is 7.82. The van der Waals surface area contributed by atoms with E-state index >= 15 is 0 Å². The van der Waals surface area contributed by atoms with Crippen molar-refractivity contribution in [2.45, 2.75) is 74.7 Å². The number of rotatable bonds is 11. The third-order valence-corrected chi connectivity index (χ3v) is 11.0. The smallest absolute Gasteiger partial charge is 0.294 e. The van der Waals surface area contributed by atoms with Gasteiger partial charge >= 0.3 is 0 Å². The molecule has 0 spiro atoms. The van der Waals surface area contributed by atoms with E-state index in [-0.39, 0.29) is 71.1 Å². The van der Waals surface area contributed by atoms with Crippen LogP contribution in [0.5, 0.6) is 0 Å². The number of pyridine rings is 2. The highest BCUT2D eigenvalue weighted by Crippen LogP contribution is 2.29. The number of carbonyl (C=O) groups excluding carboxylic acids is 3. The molecule has 1 fully saturated rings. The first-order valence-corrected chi connectivity index (χ1v) is 18.6. The Kier molecular flexibility index (Phi) is 8.90. The number of carbonyl (C=O) groups is 3. The standard InChI is InChI=1S/C34H32N2O11S2/c1-2-35-27-9-7-20(48(42,43)44)15-22(27)33(40)24-18-30-25(17-29(24)35)34(41)23-16-21(49(45,46)47)8-10-28(23)36(30)13-5-3-4-6-19(37)14-26-31(38)11-12-32(26)39/h7-10,15-18,26H,2-6,11-14H2,1H3,(H,42,43,44)(H,45,46,47). The number of benzene rings is 3. The normalized spacial score (nSPS) is 14.6. The van der Waals surface area contributed by atoms with Crippen LogP contribution in [0.25, 0.3) is 43.6 Å². The topological polar surface area (TPSA) is 204 Å². The third kappa shape index (κ3) is 6.34. The van der Waals surface area contributed by atoms with Crippen LogP contribution in [-0.4, -0.2) is 52.4 Å². The van der Waals surface area contributed by atoms with Gasteiger partial charge in [-0.1, -0.05) is 6.42 Å². The minimum Gasteiger partial charge on any atom is -0.341 e. The maximum atomic E-state index is 13.9. The predicted octanol–water partition coefficient (Wildman–Crippen LogP) is 4.20. The monoisotopic (exact) mass is 708 g/mol. The zero-order chi connectivity index (χ0) is 35.4. The van der Waals surface area contributed by atoms with Crippen LogP contribution in [0.2, 0.25) is 0 Å².